The number of hydrogen-bond donors (Lipinski definition) is 1. The quantitative estimate of drug-likeness (QED) is 0.632. The van der Waals surface area contributed by atoms with Crippen LogP contribution in [0.4, 0.5) is 0 Å². The third-order valence-corrected chi connectivity index (χ3v) is 3.19. The van der Waals surface area contributed by atoms with Crippen LogP contribution in [0.3, 0.4) is 0 Å². The van der Waals surface area contributed by atoms with Crippen LogP contribution in [0.1, 0.15) is 10.4 Å². The molecule has 0 atom stereocenters. The predicted molar refractivity (Wildman–Crippen MR) is 67.6 cm³/mol. The fraction of sp³-hybridized carbons (Fsp3) is 0.200. The second kappa shape index (κ2) is 3.93. The van der Waals surface area contributed by atoms with Crippen LogP contribution in [0.15, 0.2) is 17.2 Å². The Morgan fingerprint density at radius 1 is 1.56 bits per heavy atom. The van der Waals surface area contributed by atoms with Crippen LogP contribution in [-0.4, -0.2) is 22.6 Å². The number of fused-ring (bicyclic) bond motifs is 1. The van der Waals surface area contributed by atoms with Gasteiger partial charge in [-0.1, -0.05) is 0 Å². The number of carbonyl (C=O) groups is 1. The lowest BCUT2D eigenvalue weighted by molar-refractivity contribution is 0.0602. The molecular formula is C10H9IN2O3. The van der Waals surface area contributed by atoms with E-state index in [4.69, 9.17) is 0 Å². The van der Waals surface area contributed by atoms with Crippen LogP contribution in [0.25, 0.3) is 10.9 Å². The fourth-order valence-corrected chi connectivity index (χ4v) is 2.63. The van der Waals surface area contributed by atoms with Gasteiger partial charge in [-0.3, -0.25) is 4.79 Å². The minimum absolute atomic E-state index is 0.215. The number of hydrogen-bond acceptors (Lipinski definition) is 3. The summed E-state index contributed by atoms with van der Waals surface area (Å²) in [5.74, 6) is -0.453. The Balaban J connectivity index is 2.93. The van der Waals surface area contributed by atoms with Crippen molar-refractivity contribution >= 4 is 39.5 Å². The van der Waals surface area contributed by atoms with E-state index in [2.05, 4.69) is 32.3 Å². The third-order valence-electron chi connectivity index (χ3n) is 2.37. The van der Waals surface area contributed by atoms with Crippen LogP contribution in [0, 0.1) is 3.57 Å². The summed E-state index contributed by atoms with van der Waals surface area (Å²) in [5, 5.41) is 0.638. The Kier molecular flexibility index (Phi) is 2.75. The van der Waals surface area contributed by atoms with Gasteiger partial charge < -0.3 is 14.3 Å². The minimum Gasteiger partial charge on any atom is -0.465 e. The van der Waals surface area contributed by atoms with Crippen molar-refractivity contribution in [2.45, 2.75) is 0 Å². The van der Waals surface area contributed by atoms with Gasteiger partial charge in [0.2, 0.25) is 0 Å². The van der Waals surface area contributed by atoms with E-state index in [9.17, 15) is 9.59 Å². The van der Waals surface area contributed by atoms with Gasteiger partial charge in [0.05, 0.1) is 12.7 Å². The lowest BCUT2D eigenvalue weighted by Crippen LogP contribution is -2.13. The lowest BCUT2D eigenvalue weighted by atomic mass is 10.2. The summed E-state index contributed by atoms with van der Waals surface area (Å²) >= 11 is 2.09. The number of rotatable bonds is 1. The lowest BCUT2D eigenvalue weighted by Gasteiger charge is -2.01. The number of methoxy groups -OCH3 is 1. The summed E-state index contributed by atoms with van der Waals surface area (Å²) in [6, 6.07) is 0. The molecule has 0 spiro atoms. The van der Waals surface area contributed by atoms with Gasteiger partial charge in [0.15, 0.2) is 0 Å². The number of aromatic amines is 1. The van der Waals surface area contributed by atoms with Gasteiger partial charge in [-0.2, -0.15) is 0 Å². The number of halogens is 1. The Morgan fingerprint density at radius 2 is 2.25 bits per heavy atom. The summed E-state index contributed by atoms with van der Waals surface area (Å²) in [4.78, 5) is 25.7. The molecule has 0 unspecified atom stereocenters. The Bertz CT molecular complexity index is 627. The highest BCUT2D eigenvalue weighted by Crippen LogP contribution is 2.23. The minimum atomic E-state index is -0.453. The van der Waals surface area contributed by atoms with E-state index in [0.717, 1.165) is 3.57 Å². The standard InChI is InChI=1S/C10H9IN2O3/c1-13-4-6(11)7-5(10(15)16-2)3-12-9(14)8(7)13/h3-4H,1-2H3,(H,12,14). The van der Waals surface area contributed by atoms with Crippen molar-refractivity contribution in [2.24, 2.45) is 7.05 Å². The van der Waals surface area contributed by atoms with E-state index in [1.807, 2.05) is 0 Å². The molecule has 0 aromatic carbocycles. The number of H-pyrrole nitrogens is 1. The van der Waals surface area contributed by atoms with E-state index < -0.39 is 5.97 Å². The molecule has 84 valence electrons. The number of esters is 1. The molecule has 0 saturated heterocycles. The molecule has 0 bridgehead atoms. The van der Waals surface area contributed by atoms with Crippen molar-refractivity contribution in [3.8, 4) is 0 Å². The van der Waals surface area contributed by atoms with Gasteiger partial charge in [-0.15, -0.1) is 0 Å². The summed E-state index contributed by atoms with van der Waals surface area (Å²) in [7, 11) is 3.08. The van der Waals surface area contributed by atoms with Crippen LogP contribution < -0.4 is 5.56 Å². The summed E-state index contributed by atoms with van der Waals surface area (Å²) in [6.07, 6.45) is 3.19. The van der Waals surface area contributed by atoms with Crippen LogP contribution in [0.2, 0.25) is 0 Å². The zero-order valence-corrected chi connectivity index (χ0v) is 10.9. The third kappa shape index (κ3) is 1.53. The largest absolute Gasteiger partial charge is 0.465 e. The molecule has 2 heterocycles. The maximum absolute atomic E-state index is 11.6. The first-order chi connectivity index (χ1) is 7.56. The number of aryl methyl sites for hydroxylation is 1. The van der Waals surface area contributed by atoms with E-state index in [0.29, 0.717) is 16.5 Å². The number of carbonyl (C=O) groups excluding carboxylic acids is 1. The van der Waals surface area contributed by atoms with Crippen molar-refractivity contribution in [1.29, 1.82) is 0 Å². The summed E-state index contributed by atoms with van der Waals surface area (Å²) in [6.45, 7) is 0. The van der Waals surface area contributed by atoms with Crippen molar-refractivity contribution in [3.05, 3.63) is 31.9 Å². The molecule has 0 saturated carbocycles. The Hall–Kier alpha value is -1.31. The van der Waals surface area contributed by atoms with Gasteiger partial charge in [0.1, 0.15) is 5.52 Å². The van der Waals surface area contributed by atoms with Crippen LogP contribution in [0.5, 0.6) is 0 Å². The maximum Gasteiger partial charge on any atom is 0.340 e. The molecule has 2 rings (SSSR count). The van der Waals surface area contributed by atoms with Crippen LogP contribution in [-0.2, 0) is 11.8 Å². The number of nitrogens with one attached hydrogen (secondary N) is 1. The van der Waals surface area contributed by atoms with Crippen LogP contribution >= 0.6 is 22.6 Å². The molecule has 0 aliphatic carbocycles. The van der Waals surface area contributed by atoms with E-state index in [1.165, 1.54) is 13.3 Å². The predicted octanol–water partition coefficient (Wildman–Crippen LogP) is 1.26. The molecule has 16 heavy (non-hydrogen) atoms. The maximum atomic E-state index is 11.6. The van der Waals surface area contributed by atoms with Gasteiger partial charge in [0.25, 0.3) is 5.56 Å². The van der Waals surface area contributed by atoms with Gasteiger partial charge in [-0.25, -0.2) is 4.79 Å². The molecule has 5 nitrogen and oxygen atoms in total. The molecule has 0 radical (unpaired) electrons. The van der Waals surface area contributed by atoms with Crippen molar-refractivity contribution in [2.75, 3.05) is 7.11 Å². The molecule has 0 amide bonds. The zero-order chi connectivity index (χ0) is 11.9. The highest BCUT2D eigenvalue weighted by molar-refractivity contribution is 14.1. The van der Waals surface area contributed by atoms with E-state index >= 15 is 0 Å². The van der Waals surface area contributed by atoms with E-state index in [1.54, 1.807) is 17.8 Å². The van der Waals surface area contributed by atoms with Gasteiger partial charge >= 0.3 is 5.97 Å². The van der Waals surface area contributed by atoms with Crippen molar-refractivity contribution in [1.82, 2.24) is 9.55 Å². The molecule has 0 aliphatic heterocycles. The molecule has 2 aromatic rings. The Labute approximate surface area is 105 Å². The average molecular weight is 332 g/mol. The second-order valence-electron chi connectivity index (χ2n) is 3.33. The molecular weight excluding hydrogens is 323 g/mol. The number of nitrogens with zero attached hydrogens (tertiary/aromatic N) is 1. The number of pyridine rings is 1. The monoisotopic (exact) mass is 332 g/mol. The number of ether oxygens (including phenoxy) is 1. The normalized spacial score (nSPS) is 10.7. The highest BCUT2D eigenvalue weighted by Gasteiger charge is 2.17. The smallest absolute Gasteiger partial charge is 0.340 e. The first-order valence-corrected chi connectivity index (χ1v) is 5.58. The van der Waals surface area contributed by atoms with Crippen molar-refractivity contribution in [3.63, 3.8) is 0 Å². The molecule has 2 aromatic heterocycles. The van der Waals surface area contributed by atoms with Crippen molar-refractivity contribution < 1.29 is 9.53 Å². The first-order valence-electron chi connectivity index (χ1n) is 4.50. The molecule has 0 fully saturated rings. The highest BCUT2D eigenvalue weighted by atomic mass is 127. The van der Waals surface area contributed by atoms with Gasteiger partial charge in [-0.05, 0) is 22.6 Å². The topological polar surface area (TPSA) is 64.1 Å². The summed E-state index contributed by atoms with van der Waals surface area (Å²) in [5.41, 5.74) is 0.641. The van der Waals surface area contributed by atoms with E-state index in [-0.39, 0.29) is 5.56 Å². The molecule has 0 aliphatic rings. The fourth-order valence-electron chi connectivity index (χ4n) is 1.67. The number of aromatic nitrogens is 2. The average Bonchev–Trinajstić information content (AvgIpc) is 2.55. The molecule has 6 heteroatoms. The molecule has 1 N–H and O–H groups in total. The Morgan fingerprint density at radius 3 is 2.88 bits per heavy atom. The zero-order valence-electron chi connectivity index (χ0n) is 8.70. The second-order valence-corrected chi connectivity index (χ2v) is 4.50. The van der Waals surface area contributed by atoms with Gasteiger partial charge in [0, 0.05) is 28.4 Å². The SMILES string of the molecule is COC(=O)c1c[nH]c(=O)c2c1c(I)cn2C. The summed E-state index contributed by atoms with van der Waals surface area (Å²) < 4.78 is 7.22. The first kappa shape index (κ1) is 11.2.